The lowest BCUT2D eigenvalue weighted by Crippen LogP contribution is -2.59. The fraction of sp³-hybridized carbons (Fsp3) is 0.913. The van der Waals surface area contributed by atoms with Crippen LogP contribution in [0.1, 0.15) is 71.6 Å². The van der Waals surface area contributed by atoms with Gasteiger partial charge in [-0.1, -0.05) is 26.2 Å². The molecular weight excluding hydrogens is 350 g/mol. The summed E-state index contributed by atoms with van der Waals surface area (Å²) in [7, 11) is 0. The van der Waals surface area contributed by atoms with Crippen molar-refractivity contribution in [2.75, 3.05) is 26.2 Å². The Bertz CT molecular complexity index is 566. The maximum Gasteiger partial charge on any atom is 0.227 e. The highest BCUT2D eigenvalue weighted by molar-refractivity contribution is 5.81. The van der Waals surface area contributed by atoms with E-state index in [2.05, 4.69) is 19.2 Å². The van der Waals surface area contributed by atoms with Crippen molar-refractivity contribution in [1.29, 1.82) is 0 Å². The average Bonchev–Trinajstić information content (AvgIpc) is 2.73. The molecule has 0 aromatic carbocycles. The van der Waals surface area contributed by atoms with Crippen molar-refractivity contribution in [3.63, 3.8) is 0 Å². The van der Waals surface area contributed by atoms with Crippen LogP contribution in [-0.4, -0.2) is 59.9 Å². The second kappa shape index (κ2) is 8.73. The fourth-order valence-corrected chi connectivity index (χ4v) is 6.27. The Labute approximate surface area is 170 Å². The number of piperidine rings is 1. The Kier molecular flexibility index (Phi) is 6.29. The number of nitrogens with one attached hydrogen (secondary N) is 1. The van der Waals surface area contributed by atoms with Gasteiger partial charge in [-0.05, 0) is 57.3 Å². The smallest absolute Gasteiger partial charge is 0.227 e. The van der Waals surface area contributed by atoms with Crippen molar-refractivity contribution in [3.05, 3.63) is 0 Å². The van der Waals surface area contributed by atoms with Gasteiger partial charge in [-0.2, -0.15) is 0 Å². The molecule has 0 radical (unpaired) electrons. The zero-order valence-electron chi connectivity index (χ0n) is 17.9. The van der Waals surface area contributed by atoms with E-state index < -0.39 is 0 Å². The molecule has 0 aromatic heterocycles. The summed E-state index contributed by atoms with van der Waals surface area (Å²) < 4.78 is 0. The summed E-state index contributed by atoms with van der Waals surface area (Å²) in [6.45, 7) is 7.42. The number of carbonyl (C=O) groups is 2. The van der Waals surface area contributed by atoms with Crippen LogP contribution in [0.5, 0.6) is 0 Å². The zero-order valence-corrected chi connectivity index (χ0v) is 17.9. The van der Waals surface area contributed by atoms with Gasteiger partial charge in [0.05, 0.1) is 5.92 Å². The molecule has 1 N–H and O–H groups in total. The first kappa shape index (κ1) is 20.2. The predicted octanol–water partition coefficient (Wildman–Crippen LogP) is 3.04. The van der Waals surface area contributed by atoms with Gasteiger partial charge in [0.2, 0.25) is 11.8 Å². The lowest BCUT2D eigenvalue weighted by atomic mass is 9.70. The Balaban J connectivity index is 1.30. The van der Waals surface area contributed by atoms with E-state index in [9.17, 15) is 9.59 Å². The van der Waals surface area contributed by atoms with Crippen LogP contribution in [-0.2, 0) is 9.59 Å². The van der Waals surface area contributed by atoms with Crippen molar-refractivity contribution in [2.24, 2.45) is 23.7 Å². The molecule has 5 heteroatoms. The van der Waals surface area contributed by atoms with E-state index in [0.717, 1.165) is 38.3 Å². The molecule has 2 amide bonds. The summed E-state index contributed by atoms with van der Waals surface area (Å²) in [4.78, 5) is 30.1. The normalized spacial score (nSPS) is 37.4. The van der Waals surface area contributed by atoms with Gasteiger partial charge in [0, 0.05) is 44.2 Å². The average molecular weight is 390 g/mol. The number of rotatable bonds is 2. The number of piperazine rings is 1. The number of amides is 2. The number of hydrogen-bond donors (Lipinski definition) is 1. The van der Waals surface area contributed by atoms with Gasteiger partial charge in [-0.25, -0.2) is 0 Å². The largest absolute Gasteiger partial charge is 0.339 e. The first-order valence-corrected chi connectivity index (χ1v) is 11.9. The topological polar surface area (TPSA) is 52.7 Å². The Hall–Kier alpha value is -1.10. The molecule has 0 aromatic rings. The molecule has 0 bridgehead atoms. The summed E-state index contributed by atoms with van der Waals surface area (Å²) in [5, 5.41) is 3.77. The third-order valence-electron chi connectivity index (χ3n) is 8.06. The quantitative estimate of drug-likeness (QED) is 0.790. The molecule has 4 fully saturated rings. The molecule has 4 aliphatic rings. The third kappa shape index (κ3) is 4.24. The van der Waals surface area contributed by atoms with Crippen LogP contribution >= 0.6 is 0 Å². The minimum atomic E-state index is 0.104. The third-order valence-corrected chi connectivity index (χ3v) is 8.06. The summed E-state index contributed by atoms with van der Waals surface area (Å²) >= 11 is 0. The molecule has 2 saturated heterocycles. The standard InChI is InChI=1S/C23H39N3O2/c1-16-8-9-21-19(14-16)15-20(17(2)24-21)23(28)26-12-10-25(11-13-26)22(27)18-6-4-3-5-7-18/h16-21,24H,3-15H2,1-2H3. The van der Waals surface area contributed by atoms with Crippen LogP contribution in [0, 0.1) is 23.7 Å². The van der Waals surface area contributed by atoms with E-state index in [1.807, 2.05) is 9.80 Å². The van der Waals surface area contributed by atoms with Crippen molar-refractivity contribution in [1.82, 2.24) is 15.1 Å². The van der Waals surface area contributed by atoms with Crippen LogP contribution in [0.25, 0.3) is 0 Å². The number of carbonyl (C=O) groups excluding carboxylic acids is 2. The number of fused-ring (bicyclic) bond motifs is 1. The predicted molar refractivity (Wildman–Crippen MR) is 111 cm³/mol. The summed E-state index contributed by atoms with van der Waals surface area (Å²) in [6.07, 6.45) is 10.7. The molecule has 2 saturated carbocycles. The summed E-state index contributed by atoms with van der Waals surface area (Å²) in [5.41, 5.74) is 0. The van der Waals surface area contributed by atoms with Crippen molar-refractivity contribution in [3.8, 4) is 0 Å². The highest BCUT2D eigenvalue weighted by Gasteiger charge is 2.42. The lowest BCUT2D eigenvalue weighted by molar-refractivity contribution is -0.146. The summed E-state index contributed by atoms with van der Waals surface area (Å²) in [6, 6.07) is 0.879. The molecule has 2 aliphatic carbocycles. The van der Waals surface area contributed by atoms with Crippen LogP contribution < -0.4 is 5.32 Å². The van der Waals surface area contributed by atoms with Crippen LogP contribution in [0.4, 0.5) is 0 Å². The molecule has 0 spiro atoms. The summed E-state index contributed by atoms with van der Waals surface area (Å²) in [5.74, 6) is 2.46. The van der Waals surface area contributed by atoms with Gasteiger partial charge in [0.25, 0.3) is 0 Å². The highest BCUT2D eigenvalue weighted by Crippen LogP contribution is 2.38. The van der Waals surface area contributed by atoms with Gasteiger partial charge in [-0.15, -0.1) is 0 Å². The van der Waals surface area contributed by atoms with Crippen LogP contribution in [0.15, 0.2) is 0 Å². The van der Waals surface area contributed by atoms with E-state index in [1.54, 1.807) is 0 Å². The van der Waals surface area contributed by atoms with Crippen molar-refractivity contribution >= 4 is 11.8 Å². The Morgan fingerprint density at radius 2 is 1.43 bits per heavy atom. The second-order valence-electron chi connectivity index (χ2n) is 10.1. The maximum absolute atomic E-state index is 13.3. The van der Waals surface area contributed by atoms with E-state index >= 15 is 0 Å². The Morgan fingerprint density at radius 1 is 0.786 bits per heavy atom. The maximum atomic E-state index is 13.3. The number of nitrogens with zero attached hydrogens (tertiary/aromatic N) is 2. The zero-order chi connectivity index (χ0) is 19.7. The molecule has 4 rings (SSSR count). The second-order valence-corrected chi connectivity index (χ2v) is 10.1. The van der Waals surface area contributed by atoms with E-state index in [-0.39, 0.29) is 17.9 Å². The van der Waals surface area contributed by atoms with Crippen LogP contribution in [0.3, 0.4) is 0 Å². The highest BCUT2D eigenvalue weighted by atomic mass is 16.2. The molecule has 2 heterocycles. The van der Waals surface area contributed by atoms with Gasteiger partial charge < -0.3 is 15.1 Å². The monoisotopic (exact) mass is 389 g/mol. The minimum absolute atomic E-state index is 0.104. The van der Waals surface area contributed by atoms with Gasteiger partial charge in [-0.3, -0.25) is 9.59 Å². The van der Waals surface area contributed by atoms with Gasteiger partial charge in [0.1, 0.15) is 0 Å². The van der Waals surface area contributed by atoms with Crippen molar-refractivity contribution in [2.45, 2.75) is 83.7 Å². The fourth-order valence-electron chi connectivity index (χ4n) is 6.27. The molecule has 28 heavy (non-hydrogen) atoms. The first-order valence-electron chi connectivity index (χ1n) is 11.9. The molecule has 5 unspecified atom stereocenters. The molecular formula is C23H39N3O2. The molecule has 158 valence electrons. The SMILES string of the molecule is CC1CCC2NC(C)C(C(=O)N3CCN(C(=O)C4CCCCC4)CC3)CC2C1. The minimum Gasteiger partial charge on any atom is -0.339 e. The Morgan fingerprint density at radius 3 is 2.11 bits per heavy atom. The van der Waals surface area contributed by atoms with E-state index in [1.165, 1.54) is 38.5 Å². The van der Waals surface area contributed by atoms with Gasteiger partial charge in [0.15, 0.2) is 0 Å². The van der Waals surface area contributed by atoms with Crippen LogP contribution in [0.2, 0.25) is 0 Å². The molecule has 5 atom stereocenters. The van der Waals surface area contributed by atoms with E-state index in [4.69, 9.17) is 0 Å². The molecule has 5 nitrogen and oxygen atoms in total. The van der Waals surface area contributed by atoms with Crippen molar-refractivity contribution < 1.29 is 9.59 Å². The molecule has 2 aliphatic heterocycles. The first-order chi connectivity index (χ1) is 13.5. The van der Waals surface area contributed by atoms with E-state index in [0.29, 0.717) is 36.9 Å². The number of hydrogen-bond acceptors (Lipinski definition) is 3. The lowest BCUT2D eigenvalue weighted by Gasteiger charge is -2.46. The van der Waals surface area contributed by atoms with Gasteiger partial charge >= 0.3 is 0 Å².